The zero-order valence-electron chi connectivity index (χ0n) is 10.3. The lowest BCUT2D eigenvalue weighted by Crippen LogP contribution is -1.87. The Labute approximate surface area is 110 Å². The van der Waals surface area contributed by atoms with Gasteiger partial charge in [-0.05, 0) is 30.2 Å². The van der Waals surface area contributed by atoms with Crippen LogP contribution in [0.1, 0.15) is 16.7 Å². The summed E-state index contributed by atoms with van der Waals surface area (Å²) in [5, 5.41) is 7.63. The van der Waals surface area contributed by atoms with Crippen molar-refractivity contribution in [1.29, 1.82) is 0 Å². The van der Waals surface area contributed by atoms with E-state index in [2.05, 4.69) is 10.2 Å². The van der Waals surface area contributed by atoms with Gasteiger partial charge in [0.25, 0.3) is 0 Å². The van der Waals surface area contributed by atoms with Crippen LogP contribution in [0, 0.1) is 18.6 Å². The van der Waals surface area contributed by atoms with Gasteiger partial charge >= 0.3 is 0 Å². The van der Waals surface area contributed by atoms with Crippen molar-refractivity contribution in [1.82, 2.24) is 0 Å². The molecule has 0 fully saturated rings. The van der Waals surface area contributed by atoms with Crippen molar-refractivity contribution in [2.75, 3.05) is 0 Å². The second kappa shape index (κ2) is 6.00. The zero-order valence-corrected chi connectivity index (χ0v) is 10.3. The Morgan fingerprint density at radius 1 is 0.789 bits per heavy atom. The zero-order chi connectivity index (χ0) is 13.7. The summed E-state index contributed by atoms with van der Waals surface area (Å²) in [7, 11) is 0. The van der Waals surface area contributed by atoms with E-state index in [1.807, 2.05) is 31.2 Å². The summed E-state index contributed by atoms with van der Waals surface area (Å²) in [6.07, 6.45) is 2.96. The van der Waals surface area contributed by atoms with Crippen LogP contribution in [0.4, 0.5) is 8.78 Å². The van der Waals surface area contributed by atoms with E-state index in [0.29, 0.717) is 5.56 Å². The van der Waals surface area contributed by atoms with Crippen LogP contribution in [0.3, 0.4) is 0 Å². The molecule has 0 aliphatic rings. The Morgan fingerprint density at radius 2 is 1.37 bits per heavy atom. The molecule has 4 heteroatoms. The van der Waals surface area contributed by atoms with Crippen molar-refractivity contribution in [3.63, 3.8) is 0 Å². The van der Waals surface area contributed by atoms with Gasteiger partial charge < -0.3 is 0 Å². The second-order valence-corrected chi connectivity index (χ2v) is 4.07. The Bertz CT molecular complexity index is 617. The standard InChI is InChI=1S/C15H12F2N2/c1-11-2-4-12(5-3-11)9-18-19-10-13-6-7-14(16)15(17)8-13/h2-10H,1H3. The molecule has 0 saturated heterocycles. The fourth-order valence-electron chi connectivity index (χ4n) is 1.45. The molecule has 2 rings (SSSR count). The molecule has 0 heterocycles. The van der Waals surface area contributed by atoms with Crippen molar-refractivity contribution in [2.24, 2.45) is 10.2 Å². The number of hydrogen-bond donors (Lipinski definition) is 0. The number of benzene rings is 2. The minimum absolute atomic E-state index is 0.458. The van der Waals surface area contributed by atoms with Gasteiger partial charge in [-0.3, -0.25) is 0 Å². The lowest BCUT2D eigenvalue weighted by molar-refractivity contribution is 0.508. The van der Waals surface area contributed by atoms with Crippen LogP contribution in [-0.4, -0.2) is 12.4 Å². The van der Waals surface area contributed by atoms with Gasteiger partial charge in [0.2, 0.25) is 0 Å². The lowest BCUT2D eigenvalue weighted by atomic mass is 10.2. The molecule has 2 aromatic carbocycles. The first-order chi connectivity index (χ1) is 9.15. The largest absolute Gasteiger partial charge is 0.204 e. The molecule has 2 nitrogen and oxygen atoms in total. The summed E-state index contributed by atoms with van der Waals surface area (Å²) in [4.78, 5) is 0. The third-order valence-corrected chi connectivity index (χ3v) is 2.50. The van der Waals surface area contributed by atoms with E-state index in [4.69, 9.17) is 0 Å². The van der Waals surface area contributed by atoms with Crippen molar-refractivity contribution in [3.8, 4) is 0 Å². The van der Waals surface area contributed by atoms with E-state index < -0.39 is 11.6 Å². The highest BCUT2D eigenvalue weighted by atomic mass is 19.2. The summed E-state index contributed by atoms with van der Waals surface area (Å²) >= 11 is 0. The van der Waals surface area contributed by atoms with Crippen LogP contribution in [0.15, 0.2) is 52.7 Å². The maximum absolute atomic E-state index is 12.9. The molecule has 0 saturated carbocycles. The quantitative estimate of drug-likeness (QED) is 0.592. The molecule has 0 unspecified atom stereocenters. The van der Waals surface area contributed by atoms with Crippen LogP contribution < -0.4 is 0 Å². The molecular weight excluding hydrogens is 246 g/mol. The number of aryl methyl sites for hydroxylation is 1. The molecule has 0 aliphatic carbocycles. The molecule has 0 aromatic heterocycles. The van der Waals surface area contributed by atoms with E-state index in [1.54, 1.807) is 6.21 Å². The van der Waals surface area contributed by atoms with Gasteiger partial charge in [-0.15, -0.1) is 0 Å². The van der Waals surface area contributed by atoms with E-state index in [9.17, 15) is 8.78 Å². The molecule has 0 N–H and O–H groups in total. The molecular formula is C15H12F2N2. The van der Waals surface area contributed by atoms with E-state index in [0.717, 1.165) is 17.7 Å². The maximum atomic E-state index is 12.9. The number of nitrogens with zero attached hydrogens (tertiary/aromatic N) is 2. The highest BCUT2D eigenvalue weighted by Crippen LogP contribution is 2.06. The fourth-order valence-corrected chi connectivity index (χ4v) is 1.45. The molecule has 0 bridgehead atoms. The van der Waals surface area contributed by atoms with Crippen molar-refractivity contribution in [2.45, 2.75) is 6.92 Å². The highest BCUT2D eigenvalue weighted by Gasteiger charge is 1.99. The molecule has 0 radical (unpaired) electrons. The van der Waals surface area contributed by atoms with Crippen LogP contribution in [0.5, 0.6) is 0 Å². The topological polar surface area (TPSA) is 24.7 Å². The Balaban J connectivity index is 2.03. The molecule has 96 valence electrons. The molecule has 0 atom stereocenters. The van der Waals surface area contributed by atoms with Crippen molar-refractivity contribution in [3.05, 3.63) is 70.8 Å². The van der Waals surface area contributed by atoms with Gasteiger partial charge in [0.05, 0.1) is 12.4 Å². The van der Waals surface area contributed by atoms with E-state index >= 15 is 0 Å². The average Bonchev–Trinajstić information content (AvgIpc) is 2.41. The first-order valence-electron chi connectivity index (χ1n) is 5.73. The van der Waals surface area contributed by atoms with Gasteiger partial charge in [-0.25, -0.2) is 8.78 Å². The van der Waals surface area contributed by atoms with Gasteiger partial charge in [-0.1, -0.05) is 35.9 Å². The second-order valence-electron chi connectivity index (χ2n) is 4.07. The molecule has 19 heavy (non-hydrogen) atoms. The third-order valence-electron chi connectivity index (χ3n) is 2.50. The van der Waals surface area contributed by atoms with Gasteiger partial charge in [0.15, 0.2) is 11.6 Å². The van der Waals surface area contributed by atoms with E-state index in [-0.39, 0.29) is 0 Å². The van der Waals surface area contributed by atoms with E-state index in [1.165, 1.54) is 17.8 Å². The van der Waals surface area contributed by atoms with Crippen molar-refractivity contribution >= 4 is 12.4 Å². The summed E-state index contributed by atoms with van der Waals surface area (Å²) in [6, 6.07) is 11.3. The predicted molar refractivity (Wildman–Crippen MR) is 72.7 cm³/mol. The Morgan fingerprint density at radius 3 is 2.00 bits per heavy atom. The van der Waals surface area contributed by atoms with Gasteiger partial charge in [0.1, 0.15) is 0 Å². The predicted octanol–water partition coefficient (Wildman–Crippen LogP) is 3.73. The third kappa shape index (κ3) is 3.81. The lowest BCUT2D eigenvalue weighted by Gasteiger charge is -1.94. The smallest absolute Gasteiger partial charge is 0.159 e. The molecule has 2 aromatic rings. The first kappa shape index (κ1) is 13.1. The van der Waals surface area contributed by atoms with Crippen LogP contribution >= 0.6 is 0 Å². The monoisotopic (exact) mass is 258 g/mol. The first-order valence-corrected chi connectivity index (χ1v) is 5.73. The number of hydrogen-bond acceptors (Lipinski definition) is 2. The SMILES string of the molecule is Cc1ccc(C=NN=Cc2ccc(F)c(F)c2)cc1. The Kier molecular flexibility index (Phi) is 4.13. The minimum atomic E-state index is -0.897. The molecule has 0 spiro atoms. The summed E-state index contributed by atoms with van der Waals surface area (Å²) < 4.78 is 25.6. The summed E-state index contributed by atoms with van der Waals surface area (Å²) in [6.45, 7) is 2.00. The van der Waals surface area contributed by atoms with Crippen LogP contribution in [0.2, 0.25) is 0 Å². The fraction of sp³-hybridized carbons (Fsp3) is 0.0667. The normalized spacial score (nSPS) is 11.5. The minimum Gasteiger partial charge on any atom is -0.204 e. The van der Waals surface area contributed by atoms with Crippen molar-refractivity contribution < 1.29 is 8.78 Å². The van der Waals surface area contributed by atoms with Gasteiger partial charge in [0, 0.05) is 0 Å². The van der Waals surface area contributed by atoms with Crippen LogP contribution in [-0.2, 0) is 0 Å². The van der Waals surface area contributed by atoms with Gasteiger partial charge in [-0.2, -0.15) is 10.2 Å². The number of rotatable bonds is 3. The molecule has 0 aliphatic heterocycles. The Hall–Kier alpha value is -2.36. The van der Waals surface area contributed by atoms with Crippen LogP contribution in [0.25, 0.3) is 0 Å². The summed E-state index contributed by atoms with van der Waals surface area (Å²) in [5.41, 5.74) is 2.55. The maximum Gasteiger partial charge on any atom is 0.159 e. The average molecular weight is 258 g/mol. The highest BCUT2D eigenvalue weighted by molar-refractivity contribution is 5.82. The summed E-state index contributed by atoms with van der Waals surface area (Å²) in [5.74, 6) is -1.77. The number of halogens is 2. The molecule has 0 amide bonds.